The summed E-state index contributed by atoms with van der Waals surface area (Å²) in [5, 5.41) is 5.58. The van der Waals surface area contributed by atoms with Gasteiger partial charge >= 0.3 is 6.09 Å². The van der Waals surface area contributed by atoms with Crippen LogP contribution in [0.4, 0.5) is 19.3 Å². The van der Waals surface area contributed by atoms with Gasteiger partial charge in [-0.25, -0.2) is 23.5 Å². The minimum absolute atomic E-state index is 0.0611. The lowest BCUT2D eigenvalue weighted by molar-refractivity contribution is -0.137. The molecule has 0 aliphatic carbocycles. The van der Waals surface area contributed by atoms with Gasteiger partial charge in [0.2, 0.25) is 11.8 Å². The highest BCUT2D eigenvalue weighted by molar-refractivity contribution is 5.89. The van der Waals surface area contributed by atoms with Gasteiger partial charge < -0.3 is 40.0 Å². The first kappa shape index (κ1) is 44.0. The molecule has 0 saturated carbocycles. The standard InChI is InChI=1S/C48H55F2N9O5/c1-29(60)53-40(31-13-7-5-8-14-31)45(61)58-21-11-18-39(58)44-52-28-37(55-44)33-25-34(49)42(35(50)26-33)57-23-19-30(20-24-57)36-27-51-43(54-36)38-17-12-22-59(38)46(62)41(32-15-9-6-10-16-32)56-47(63)64-48(2,3)4/h5-10,13-16,25-28,30,38-41H,11-12,17-24H2,1-4H3,(H,51,54)(H,52,55)(H,53,60)(H,56,63)/t38-,39-,40+,41+/m0/s1. The fourth-order valence-corrected chi connectivity index (χ4v) is 9.27. The van der Waals surface area contributed by atoms with Gasteiger partial charge in [-0.05, 0) is 82.6 Å². The molecule has 4 amide bonds. The minimum atomic E-state index is -0.946. The van der Waals surface area contributed by atoms with E-state index in [4.69, 9.17) is 9.72 Å². The van der Waals surface area contributed by atoms with Crippen molar-refractivity contribution >= 4 is 29.5 Å². The van der Waals surface area contributed by atoms with Gasteiger partial charge in [-0.15, -0.1) is 0 Å². The number of hydrogen-bond donors (Lipinski definition) is 4. The number of nitrogens with zero attached hydrogens (tertiary/aromatic N) is 5. The van der Waals surface area contributed by atoms with Crippen LogP contribution >= 0.6 is 0 Å². The number of likely N-dealkylation sites (tertiary alicyclic amines) is 2. The van der Waals surface area contributed by atoms with Crippen LogP contribution in [0.3, 0.4) is 0 Å². The molecule has 0 spiro atoms. The molecule has 0 bridgehead atoms. The van der Waals surface area contributed by atoms with Crippen LogP contribution in [0.1, 0.15) is 125 Å². The molecule has 5 aromatic rings. The van der Waals surface area contributed by atoms with E-state index in [1.807, 2.05) is 36.4 Å². The average Bonchev–Trinajstić information content (AvgIpc) is 4.12. The Bertz CT molecular complexity index is 2440. The van der Waals surface area contributed by atoms with Crippen molar-refractivity contribution < 1.29 is 32.7 Å². The lowest BCUT2D eigenvalue weighted by Gasteiger charge is -2.33. The van der Waals surface area contributed by atoms with Gasteiger partial charge in [0.25, 0.3) is 5.91 Å². The van der Waals surface area contributed by atoms with Crippen LogP contribution < -0.4 is 15.5 Å². The second kappa shape index (κ2) is 18.6. The summed E-state index contributed by atoms with van der Waals surface area (Å²) in [6.07, 6.45) is 6.74. The van der Waals surface area contributed by atoms with Crippen LogP contribution in [0.15, 0.2) is 85.2 Å². The summed E-state index contributed by atoms with van der Waals surface area (Å²) in [5.41, 5.74) is 2.12. The maximum absolute atomic E-state index is 15.9. The molecule has 3 aliphatic rings. The highest BCUT2D eigenvalue weighted by atomic mass is 19.1. The number of imidazole rings is 2. The molecule has 3 saturated heterocycles. The zero-order valence-electron chi connectivity index (χ0n) is 36.6. The molecule has 336 valence electrons. The summed E-state index contributed by atoms with van der Waals surface area (Å²) in [5.74, 6) is -0.977. The van der Waals surface area contributed by atoms with Crippen LogP contribution in [-0.4, -0.2) is 85.3 Å². The maximum Gasteiger partial charge on any atom is 0.408 e. The molecule has 5 heterocycles. The Hall–Kier alpha value is -6.58. The highest BCUT2D eigenvalue weighted by Gasteiger charge is 2.39. The molecule has 0 unspecified atom stereocenters. The van der Waals surface area contributed by atoms with Gasteiger partial charge in [0.15, 0.2) is 0 Å². The number of piperidine rings is 1. The molecule has 0 radical (unpaired) electrons. The number of nitrogens with one attached hydrogen (secondary N) is 4. The van der Waals surface area contributed by atoms with Gasteiger partial charge in [0, 0.05) is 56.5 Å². The maximum atomic E-state index is 15.9. The molecule has 14 nitrogen and oxygen atoms in total. The van der Waals surface area contributed by atoms with Crippen molar-refractivity contribution in [3.8, 4) is 11.3 Å². The van der Waals surface area contributed by atoms with E-state index < -0.39 is 41.5 Å². The smallest absolute Gasteiger partial charge is 0.408 e. The predicted molar refractivity (Wildman–Crippen MR) is 236 cm³/mol. The quantitative estimate of drug-likeness (QED) is 0.104. The van der Waals surface area contributed by atoms with Gasteiger partial charge in [-0.1, -0.05) is 60.7 Å². The highest BCUT2D eigenvalue weighted by Crippen LogP contribution is 2.39. The van der Waals surface area contributed by atoms with E-state index >= 15 is 8.78 Å². The van der Waals surface area contributed by atoms with Gasteiger partial charge in [0.1, 0.15) is 46.7 Å². The second-order valence-electron chi connectivity index (χ2n) is 17.9. The number of carbonyl (C=O) groups is 4. The van der Waals surface area contributed by atoms with E-state index in [1.54, 1.807) is 65.9 Å². The molecule has 4 atom stereocenters. The molecule has 3 aromatic carbocycles. The Labute approximate surface area is 371 Å². The number of H-pyrrole nitrogens is 2. The number of alkyl carbamates (subject to hydrolysis) is 1. The first-order valence-corrected chi connectivity index (χ1v) is 22.1. The van der Waals surface area contributed by atoms with Crippen molar-refractivity contribution in [2.75, 3.05) is 31.1 Å². The summed E-state index contributed by atoms with van der Waals surface area (Å²) in [6.45, 7) is 8.49. The summed E-state index contributed by atoms with van der Waals surface area (Å²) in [4.78, 5) is 74.2. The largest absolute Gasteiger partial charge is 0.444 e. The number of benzene rings is 3. The molecule has 3 fully saturated rings. The molecule has 16 heteroatoms. The first-order valence-electron chi connectivity index (χ1n) is 22.1. The van der Waals surface area contributed by atoms with E-state index in [9.17, 15) is 19.2 Å². The Morgan fingerprint density at radius 1 is 0.719 bits per heavy atom. The van der Waals surface area contributed by atoms with Crippen molar-refractivity contribution in [2.45, 2.75) is 102 Å². The van der Waals surface area contributed by atoms with Crippen LogP contribution in [0.25, 0.3) is 11.3 Å². The summed E-state index contributed by atoms with van der Waals surface area (Å²) in [6, 6.07) is 18.3. The van der Waals surface area contributed by atoms with Gasteiger partial charge in [-0.2, -0.15) is 0 Å². The lowest BCUT2D eigenvalue weighted by Crippen LogP contribution is -2.44. The molecule has 2 aromatic heterocycles. The molecular weight excluding hydrogens is 821 g/mol. The third kappa shape index (κ3) is 9.65. The van der Waals surface area contributed by atoms with Crippen molar-refractivity contribution in [1.82, 2.24) is 40.4 Å². The molecular formula is C48H55F2N9O5. The summed E-state index contributed by atoms with van der Waals surface area (Å²) < 4.78 is 37.4. The van der Waals surface area contributed by atoms with Crippen LogP contribution in [0.2, 0.25) is 0 Å². The van der Waals surface area contributed by atoms with E-state index in [2.05, 4.69) is 25.6 Å². The molecule has 64 heavy (non-hydrogen) atoms. The fraction of sp³-hybridized carbons (Fsp3) is 0.417. The Kier molecular flexibility index (Phi) is 12.8. The SMILES string of the molecule is CC(=O)N[C@@H](C(=O)N1CCC[C@H]1c1ncc(-c2cc(F)c(N3CCC(c4cnc([C@@H]5CCCN5C(=O)[C@H](NC(=O)OC(C)(C)C)c5ccccc5)[nH]4)CC3)c(F)c2)[nH]1)c1ccccc1. The van der Waals surface area contributed by atoms with E-state index in [0.29, 0.717) is 85.9 Å². The number of ether oxygens (including phenoxy) is 1. The lowest BCUT2D eigenvalue weighted by atomic mass is 9.93. The second-order valence-corrected chi connectivity index (χ2v) is 17.9. The number of anilines is 1. The number of aromatic amines is 2. The number of carbonyl (C=O) groups excluding carboxylic acids is 4. The third-order valence-corrected chi connectivity index (χ3v) is 12.3. The third-order valence-electron chi connectivity index (χ3n) is 12.3. The van der Waals surface area contributed by atoms with Crippen LogP contribution in [-0.2, 0) is 19.1 Å². The molecule has 4 N–H and O–H groups in total. The Morgan fingerprint density at radius 3 is 1.77 bits per heavy atom. The number of hydrogen-bond acceptors (Lipinski definition) is 8. The number of amides is 4. The van der Waals surface area contributed by atoms with E-state index in [0.717, 1.165) is 18.5 Å². The van der Waals surface area contributed by atoms with E-state index in [1.165, 1.54) is 25.3 Å². The Balaban J connectivity index is 0.910. The van der Waals surface area contributed by atoms with Crippen LogP contribution in [0.5, 0.6) is 0 Å². The fourth-order valence-electron chi connectivity index (χ4n) is 9.27. The van der Waals surface area contributed by atoms with E-state index in [-0.39, 0.29) is 35.4 Å². The van der Waals surface area contributed by atoms with Gasteiger partial charge in [-0.3, -0.25) is 14.4 Å². The average molecular weight is 876 g/mol. The number of halogens is 2. The zero-order chi connectivity index (χ0) is 45.1. The molecule has 3 aliphatic heterocycles. The normalized spacial score (nSPS) is 19.1. The first-order chi connectivity index (χ1) is 30.7. The molecule has 8 rings (SSSR count). The summed E-state index contributed by atoms with van der Waals surface area (Å²) >= 11 is 0. The van der Waals surface area contributed by atoms with Crippen LogP contribution in [0, 0.1) is 11.6 Å². The zero-order valence-corrected chi connectivity index (χ0v) is 36.6. The predicted octanol–water partition coefficient (Wildman–Crippen LogP) is 7.93. The topological polar surface area (TPSA) is 169 Å². The number of aromatic nitrogens is 4. The summed E-state index contributed by atoms with van der Waals surface area (Å²) in [7, 11) is 0. The number of rotatable bonds is 11. The van der Waals surface area contributed by atoms with Crippen molar-refractivity contribution in [3.63, 3.8) is 0 Å². The van der Waals surface area contributed by atoms with Crippen molar-refractivity contribution in [3.05, 3.63) is 125 Å². The van der Waals surface area contributed by atoms with Crippen molar-refractivity contribution in [2.24, 2.45) is 0 Å². The monoisotopic (exact) mass is 875 g/mol. The Morgan fingerprint density at radius 2 is 1.23 bits per heavy atom. The van der Waals surface area contributed by atoms with Gasteiger partial charge in [0.05, 0.1) is 24.0 Å². The van der Waals surface area contributed by atoms with Crippen molar-refractivity contribution in [1.29, 1.82) is 0 Å². The minimum Gasteiger partial charge on any atom is -0.444 e.